The van der Waals surface area contributed by atoms with Gasteiger partial charge in [-0.1, -0.05) is 45.4 Å². The molecule has 168 valence electrons. The molecular weight excluding hydrogens is 386 g/mol. The number of hydrogen-bond acceptors (Lipinski definition) is 4. The molecule has 0 spiro atoms. The van der Waals surface area contributed by atoms with Gasteiger partial charge in [0.1, 0.15) is 5.75 Å². The van der Waals surface area contributed by atoms with E-state index >= 15 is 0 Å². The predicted octanol–water partition coefficient (Wildman–Crippen LogP) is 5.13. The van der Waals surface area contributed by atoms with Gasteiger partial charge in [-0.2, -0.15) is 0 Å². The van der Waals surface area contributed by atoms with Crippen molar-refractivity contribution in [2.75, 3.05) is 13.7 Å². The van der Waals surface area contributed by atoms with Crippen LogP contribution in [0.3, 0.4) is 0 Å². The van der Waals surface area contributed by atoms with E-state index in [0.29, 0.717) is 12.5 Å². The molecule has 1 aromatic carbocycles. The highest BCUT2D eigenvalue weighted by molar-refractivity contribution is 5.77. The number of nitrogens with one attached hydrogen (secondary N) is 1. The SMILES string of the molecule is COc1ccc(CN2CCCC[C@H]2C[C@H](NC(=O)CC(C)(C)C)c2ccccn2)cc1. The third-order valence-electron chi connectivity index (χ3n) is 5.87. The van der Waals surface area contributed by atoms with Crippen molar-refractivity contribution in [1.82, 2.24) is 15.2 Å². The first-order chi connectivity index (χ1) is 14.8. The largest absolute Gasteiger partial charge is 0.497 e. The van der Waals surface area contributed by atoms with Gasteiger partial charge in [-0.05, 0) is 61.1 Å². The lowest BCUT2D eigenvalue weighted by molar-refractivity contribution is -0.123. The summed E-state index contributed by atoms with van der Waals surface area (Å²) in [6.07, 6.45) is 6.80. The van der Waals surface area contributed by atoms with Crippen molar-refractivity contribution in [3.8, 4) is 5.75 Å². The molecule has 0 unspecified atom stereocenters. The van der Waals surface area contributed by atoms with Crippen LogP contribution in [0.15, 0.2) is 48.7 Å². The molecule has 5 nitrogen and oxygen atoms in total. The highest BCUT2D eigenvalue weighted by Crippen LogP contribution is 2.28. The Labute approximate surface area is 187 Å². The van der Waals surface area contributed by atoms with E-state index in [9.17, 15) is 4.79 Å². The molecule has 31 heavy (non-hydrogen) atoms. The van der Waals surface area contributed by atoms with Gasteiger partial charge in [0.2, 0.25) is 5.91 Å². The highest BCUT2D eigenvalue weighted by Gasteiger charge is 2.28. The number of carbonyl (C=O) groups is 1. The van der Waals surface area contributed by atoms with Crippen molar-refractivity contribution in [3.63, 3.8) is 0 Å². The summed E-state index contributed by atoms with van der Waals surface area (Å²) in [5.74, 6) is 0.983. The molecule has 1 aliphatic heterocycles. The fourth-order valence-electron chi connectivity index (χ4n) is 4.34. The van der Waals surface area contributed by atoms with Gasteiger partial charge in [0.15, 0.2) is 0 Å². The minimum Gasteiger partial charge on any atom is -0.497 e. The maximum Gasteiger partial charge on any atom is 0.221 e. The molecule has 0 radical (unpaired) electrons. The lowest BCUT2D eigenvalue weighted by Crippen LogP contribution is -2.42. The smallest absolute Gasteiger partial charge is 0.221 e. The Balaban J connectivity index is 1.72. The minimum atomic E-state index is -0.0717. The van der Waals surface area contributed by atoms with Gasteiger partial charge in [-0.15, -0.1) is 0 Å². The lowest BCUT2D eigenvalue weighted by atomic mass is 9.90. The van der Waals surface area contributed by atoms with Crippen molar-refractivity contribution in [3.05, 3.63) is 59.9 Å². The van der Waals surface area contributed by atoms with Gasteiger partial charge < -0.3 is 10.1 Å². The summed E-state index contributed by atoms with van der Waals surface area (Å²) >= 11 is 0. The molecule has 1 fully saturated rings. The molecule has 1 saturated heterocycles. The molecule has 5 heteroatoms. The quantitative estimate of drug-likeness (QED) is 0.640. The zero-order chi connectivity index (χ0) is 22.3. The number of ether oxygens (including phenoxy) is 1. The molecule has 2 heterocycles. The second-order valence-corrected chi connectivity index (χ2v) is 9.82. The second-order valence-electron chi connectivity index (χ2n) is 9.82. The number of methoxy groups -OCH3 is 1. The van der Waals surface area contributed by atoms with Gasteiger partial charge in [0.25, 0.3) is 0 Å². The maximum atomic E-state index is 12.8. The molecule has 1 N–H and O–H groups in total. The van der Waals surface area contributed by atoms with Gasteiger partial charge in [-0.25, -0.2) is 0 Å². The van der Waals surface area contributed by atoms with Crippen molar-refractivity contribution in [2.24, 2.45) is 5.41 Å². The Morgan fingerprint density at radius 3 is 2.61 bits per heavy atom. The van der Waals surface area contributed by atoms with Gasteiger partial charge in [0.05, 0.1) is 18.8 Å². The number of piperidine rings is 1. The number of amides is 1. The lowest BCUT2D eigenvalue weighted by Gasteiger charge is -2.38. The summed E-state index contributed by atoms with van der Waals surface area (Å²) < 4.78 is 5.29. The number of hydrogen-bond donors (Lipinski definition) is 1. The third-order valence-corrected chi connectivity index (χ3v) is 5.87. The standard InChI is InChI=1S/C26H37N3O2/c1-26(2,3)18-25(30)28-24(23-10-5-7-15-27-23)17-21-9-6-8-16-29(21)19-20-11-13-22(31-4)14-12-20/h5,7,10-15,21,24H,6,8-9,16-19H2,1-4H3,(H,28,30)/t21-,24-/m0/s1. The highest BCUT2D eigenvalue weighted by atomic mass is 16.5. The van der Waals surface area contributed by atoms with Crippen LogP contribution in [0.1, 0.15) is 70.2 Å². The van der Waals surface area contributed by atoms with Crippen LogP contribution in [0.4, 0.5) is 0 Å². The number of rotatable bonds is 8. The fraction of sp³-hybridized carbons (Fsp3) is 0.538. The zero-order valence-electron chi connectivity index (χ0n) is 19.4. The molecule has 1 aliphatic rings. The van der Waals surface area contributed by atoms with Crippen LogP contribution in [0.25, 0.3) is 0 Å². The number of likely N-dealkylation sites (tertiary alicyclic amines) is 1. The molecule has 2 aromatic rings. The summed E-state index contributed by atoms with van der Waals surface area (Å²) in [5.41, 5.74) is 2.20. The first-order valence-electron chi connectivity index (χ1n) is 11.4. The Morgan fingerprint density at radius 2 is 1.97 bits per heavy atom. The van der Waals surface area contributed by atoms with E-state index in [4.69, 9.17) is 4.74 Å². The number of carbonyl (C=O) groups excluding carboxylic acids is 1. The van der Waals surface area contributed by atoms with Crippen LogP contribution in [-0.4, -0.2) is 35.5 Å². The van der Waals surface area contributed by atoms with Crippen LogP contribution in [0.2, 0.25) is 0 Å². The molecule has 0 saturated carbocycles. The molecule has 0 aliphatic carbocycles. The summed E-state index contributed by atoms with van der Waals surface area (Å²) in [4.78, 5) is 19.9. The number of benzene rings is 1. The molecule has 2 atom stereocenters. The van der Waals surface area contributed by atoms with E-state index in [1.54, 1.807) is 7.11 Å². The Hall–Kier alpha value is -2.40. The summed E-state index contributed by atoms with van der Waals surface area (Å²) in [6.45, 7) is 8.29. The van der Waals surface area contributed by atoms with E-state index in [2.05, 4.69) is 48.1 Å². The number of pyridine rings is 1. The van der Waals surface area contributed by atoms with Crippen LogP contribution in [-0.2, 0) is 11.3 Å². The predicted molar refractivity (Wildman–Crippen MR) is 125 cm³/mol. The summed E-state index contributed by atoms with van der Waals surface area (Å²) in [5, 5.41) is 3.29. The van der Waals surface area contributed by atoms with Crippen molar-refractivity contribution in [2.45, 2.75) is 71.5 Å². The Morgan fingerprint density at radius 1 is 1.19 bits per heavy atom. The summed E-state index contributed by atoms with van der Waals surface area (Å²) in [6, 6.07) is 14.6. The zero-order valence-corrected chi connectivity index (χ0v) is 19.4. The number of nitrogens with zero attached hydrogens (tertiary/aromatic N) is 2. The molecule has 0 bridgehead atoms. The second kappa shape index (κ2) is 10.8. The Kier molecular flexibility index (Phi) is 8.08. The van der Waals surface area contributed by atoms with E-state index in [1.165, 1.54) is 18.4 Å². The molecule has 1 aromatic heterocycles. The first-order valence-corrected chi connectivity index (χ1v) is 11.4. The van der Waals surface area contributed by atoms with Crippen molar-refractivity contribution < 1.29 is 9.53 Å². The van der Waals surface area contributed by atoms with Crippen molar-refractivity contribution in [1.29, 1.82) is 0 Å². The van der Waals surface area contributed by atoms with Crippen LogP contribution >= 0.6 is 0 Å². The van der Waals surface area contributed by atoms with E-state index in [-0.39, 0.29) is 17.4 Å². The van der Waals surface area contributed by atoms with Gasteiger partial charge in [-0.3, -0.25) is 14.7 Å². The molecule has 3 rings (SSSR count). The van der Waals surface area contributed by atoms with E-state index in [0.717, 1.165) is 37.4 Å². The molecule has 1 amide bonds. The van der Waals surface area contributed by atoms with Gasteiger partial charge >= 0.3 is 0 Å². The van der Waals surface area contributed by atoms with Crippen LogP contribution in [0, 0.1) is 5.41 Å². The normalized spacial score (nSPS) is 18.4. The summed E-state index contributed by atoms with van der Waals surface area (Å²) in [7, 11) is 1.70. The Bertz CT molecular complexity index is 815. The monoisotopic (exact) mass is 423 g/mol. The fourth-order valence-corrected chi connectivity index (χ4v) is 4.34. The average molecular weight is 424 g/mol. The first kappa shape index (κ1) is 23.3. The topological polar surface area (TPSA) is 54.5 Å². The van der Waals surface area contributed by atoms with Crippen LogP contribution < -0.4 is 10.1 Å². The molecular formula is C26H37N3O2. The third kappa shape index (κ3) is 7.35. The minimum absolute atomic E-state index is 0.0377. The number of aromatic nitrogens is 1. The van der Waals surface area contributed by atoms with Crippen LogP contribution in [0.5, 0.6) is 5.75 Å². The average Bonchev–Trinajstić information content (AvgIpc) is 2.74. The van der Waals surface area contributed by atoms with E-state index < -0.39 is 0 Å². The maximum absolute atomic E-state index is 12.8. The van der Waals surface area contributed by atoms with Gasteiger partial charge in [0, 0.05) is 25.2 Å². The van der Waals surface area contributed by atoms with Crippen molar-refractivity contribution >= 4 is 5.91 Å². The van der Waals surface area contributed by atoms with E-state index in [1.807, 2.05) is 36.5 Å².